The second-order valence-corrected chi connectivity index (χ2v) is 6.03. The Kier molecular flexibility index (Phi) is 5.49. The van der Waals surface area contributed by atoms with Crippen LogP contribution in [0.15, 0.2) is 54.6 Å². The molecule has 0 spiro atoms. The molecule has 0 bridgehead atoms. The number of morpholine rings is 1. The van der Waals surface area contributed by atoms with E-state index in [4.69, 9.17) is 9.47 Å². The maximum Gasteiger partial charge on any atom is 0.227 e. The summed E-state index contributed by atoms with van der Waals surface area (Å²) in [6.07, 6.45) is 1.24. The van der Waals surface area contributed by atoms with Crippen LogP contribution in [0.2, 0.25) is 0 Å². The Labute approximate surface area is 143 Å². The molecule has 1 atom stereocenters. The summed E-state index contributed by atoms with van der Waals surface area (Å²) in [5, 5.41) is 0. The Morgan fingerprint density at radius 2 is 1.88 bits per heavy atom. The van der Waals surface area contributed by atoms with Gasteiger partial charge in [-0.3, -0.25) is 4.79 Å². The Bertz CT molecular complexity index is 654. The van der Waals surface area contributed by atoms with Crippen LogP contribution in [-0.2, 0) is 22.4 Å². The van der Waals surface area contributed by atoms with Crippen molar-refractivity contribution in [3.05, 3.63) is 65.7 Å². The van der Waals surface area contributed by atoms with Gasteiger partial charge in [-0.25, -0.2) is 0 Å². The lowest BCUT2D eigenvalue weighted by Crippen LogP contribution is -2.50. The summed E-state index contributed by atoms with van der Waals surface area (Å²) in [5.41, 5.74) is 2.24. The molecular formula is C20H23NO3. The van der Waals surface area contributed by atoms with Crippen LogP contribution in [0.4, 0.5) is 0 Å². The lowest BCUT2D eigenvalue weighted by atomic mass is 10.0. The summed E-state index contributed by atoms with van der Waals surface area (Å²) in [6, 6.07) is 18.0. The Morgan fingerprint density at radius 3 is 2.58 bits per heavy atom. The number of benzene rings is 2. The topological polar surface area (TPSA) is 38.8 Å². The maximum atomic E-state index is 12.8. The minimum Gasteiger partial charge on any atom is -0.497 e. The van der Waals surface area contributed by atoms with Gasteiger partial charge < -0.3 is 14.4 Å². The zero-order valence-corrected chi connectivity index (χ0v) is 14.0. The van der Waals surface area contributed by atoms with Crippen LogP contribution in [0.1, 0.15) is 11.1 Å². The maximum absolute atomic E-state index is 12.8. The molecule has 126 valence electrons. The molecule has 1 unspecified atom stereocenters. The molecule has 2 aromatic carbocycles. The Hall–Kier alpha value is -2.33. The fourth-order valence-electron chi connectivity index (χ4n) is 3.06. The zero-order valence-electron chi connectivity index (χ0n) is 14.0. The molecular weight excluding hydrogens is 302 g/mol. The second kappa shape index (κ2) is 7.97. The number of rotatable bonds is 5. The molecule has 4 heteroatoms. The van der Waals surface area contributed by atoms with E-state index >= 15 is 0 Å². The van der Waals surface area contributed by atoms with Crippen molar-refractivity contribution in [1.29, 1.82) is 0 Å². The van der Waals surface area contributed by atoms with Gasteiger partial charge in [-0.05, 0) is 29.7 Å². The van der Waals surface area contributed by atoms with E-state index in [-0.39, 0.29) is 11.9 Å². The summed E-state index contributed by atoms with van der Waals surface area (Å²) < 4.78 is 10.8. The molecule has 1 aliphatic rings. The van der Waals surface area contributed by atoms with E-state index in [9.17, 15) is 4.79 Å². The average molecular weight is 325 g/mol. The van der Waals surface area contributed by atoms with Crippen LogP contribution >= 0.6 is 0 Å². The molecule has 0 saturated carbocycles. The first-order valence-corrected chi connectivity index (χ1v) is 8.30. The normalized spacial score (nSPS) is 17.5. The number of ether oxygens (including phenoxy) is 2. The van der Waals surface area contributed by atoms with Crippen LogP contribution in [0.25, 0.3) is 0 Å². The van der Waals surface area contributed by atoms with E-state index in [0.717, 1.165) is 17.7 Å². The molecule has 24 heavy (non-hydrogen) atoms. The minimum absolute atomic E-state index is 0.104. The average Bonchev–Trinajstić information content (AvgIpc) is 2.63. The fourth-order valence-corrected chi connectivity index (χ4v) is 3.06. The molecule has 1 aliphatic heterocycles. The molecule has 2 aromatic rings. The van der Waals surface area contributed by atoms with Gasteiger partial charge in [-0.2, -0.15) is 0 Å². The van der Waals surface area contributed by atoms with Gasteiger partial charge in [0, 0.05) is 6.54 Å². The molecule has 1 amide bonds. The van der Waals surface area contributed by atoms with E-state index in [1.807, 2.05) is 47.4 Å². The van der Waals surface area contributed by atoms with Crippen molar-refractivity contribution >= 4 is 5.91 Å². The fraction of sp³-hybridized carbons (Fsp3) is 0.350. The van der Waals surface area contributed by atoms with Crippen molar-refractivity contribution in [1.82, 2.24) is 4.90 Å². The number of amides is 1. The standard InChI is InChI=1S/C20H23NO3/c1-23-19-9-7-17(8-10-19)14-20(22)21-11-12-24-15-18(21)13-16-5-3-2-4-6-16/h2-10,18H,11-15H2,1H3. The summed E-state index contributed by atoms with van der Waals surface area (Å²) in [4.78, 5) is 14.7. The number of hydrogen-bond acceptors (Lipinski definition) is 3. The number of methoxy groups -OCH3 is 1. The smallest absolute Gasteiger partial charge is 0.227 e. The first kappa shape index (κ1) is 16.5. The summed E-state index contributed by atoms with van der Waals surface area (Å²) >= 11 is 0. The zero-order chi connectivity index (χ0) is 16.8. The van der Waals surface area contributed by atoms with Gasteiger partial charge in [0.2, 0.25) is 5.91 Å². The Morgan fingerprint density at radius 1 is 1.12 bits per heavy atom. The largest absolute Gasteiger partial charge is 0.497 e. The molecule has 3 rings (SSSR count). The number of nitrogens with zero attached hydrogens (tertiary/aromatic N) is 1. The van der Waals surface area contributed by atoms with E-state index in [0.29, 0.717) is 26.2 Å². The second-order valence-electron chi connectivity index (χ2n) is 6.03. The van der Waals surface area contributed by atoms with E-state index in [1.165, 1.54) is 5.56 Å². The van der Waals surface area contributed by atoms with E-state index in [1.54, 1.807) is 7.11 Å². The highest BCUT2D eigenvalue weighted by molar-refractivity contribution is 5.79. The van der Waals surface area contributed by atoms with Gasteiger partial charge in [0.05, 0.1) is 32.8 Å². The summed E-state index contributed by atoms with van der Waals surface area (Å²) in [6.45, 7) is 1.87. The summed E-state index contributed by atoms with van der Waals surface area (Å²) in [7, 11) is 1.64. The summed E-state index contributed by atoms with van der Waals surface area (Å²) in [5.74, 6) is 0.962. The molecule has 1 saturated heterocycles. The van der Waals surface area contributed by atoms with Crippen molar-refractivity contribution < 1.29 is 14.3 Å². The van der Waals surface area contributed by atoms with Crippen LogP contribution in [0.5, 0.6) is 5.75 Å². The first-order valence-electron chi connectivity index (χ1n) is 8.30. The number of carbonyl (C=O) groups excluding carboxylic acids is 1. The molecule has 4 nitrogen and oxygen atoms in total. The van der Waals surface area contributed by atoms with Crippen molar-refractivity contribution in [2.45, 2.75) is 18.9 Å². The van der Waals surface area contributed by atoms with Gasteiger partial charge in [0.25, 0.3) is 0 Å². The molecule has 0 aliphatic carbocycles. The third-order valence-corrected chi connectivity index (χ3v) is 4.38. The number of carbonyl (C=O) groups is 1. The Balaban J connectivity index is 1.66. The minimum atomic E-state index is 0.104. The molecule has 0 N–H and O–H groups in total. The van der Waals surface area contributed by atoms with Crippen LogP contribution < -0.4 is 4.74 Å². The lowest BCUT2D eigenvalue weighted by molar-refractivity contribution is -0.139. The predicted octanol–water partition coefficient (Wildman–Crippen LogP) is 2.71. The van der Waals surface area contributed by atoms with Gasteiger partial charge in [0.1, 0.15) is 5.75 Å². The quantitative estimate of drug-likeness (QED) is 0.848. The highest BCUT2D eigenvalue weighted by atomic mass is 16.5. The van der Waals surface area contributed by atoms with E-state index < -0.39 is 0 Å². The number of hydrogen-bond donors (Lipinski definition) is 0. The predicted molar refractivity (Wildman–Crippen MR) is 93.2 cm³/mol. The first-order chi connectivity index (χ1) is 11.8. The van der Waals surface area contributed by atoms with Crippen LogP contribution in [-0.4, -0.2) is 43.7 Å². The van der Waals surface area contributed by atoms with Crippen molar-refractivity contribution in [2.24, 2.45) is 0 Å². The molecule has 1 fully saturated rings. The van der Waals surface area contributed by atoms with Gasteiger partial charge in [-0.1, -0.05) is 42.5 Å². The van der Waals surface area contributed by atoms with Gasteiger partial charge in [0.15, 0.2) is 0 Å². The molecule has 1 heterocycles. The SMILES string of the molecule is COc1ccc(CC(=O)N2CCOCC2Cc2ccccc2)cc1. The monoisotopic (exact) mass is 325 g/mol. The molecule has 0 aromatic heterocycles. The lowest BCUT2D eigenvalue weighted by Gasteiger charge is -2.36. The highest BCUT2D eigenvalue weighted by Crippen LogP contribution is 2.17. The van der Waals surface area contributed by atoms with Gasteiger partial charge in [-0.15, -0.1) is 0 Å². The van der Waals surface area contributed by atoms with E-state index in [2.05, 4.69) is 12.1 Å². The van der Waals surface area contributed by atoms with Gasteiger partial charge >= 0.3 is 0 Å². The van der Waals surface area contributed by atoms with Crippen LogP contribution in [0.3, 0.4) is 0 Å². The van der Waals surface area contributed by atoms with Crippen LogP contribution in [0, 0.1) is 0 Å². The van der Waals surface area contributed by atoms with Crippen molar-refractivity contribution in [2.75, 3.05) is 26.9 Å². The highest BCUT2D eigenvalue weighted by Gasteiger charge is 2.27. The van der Waals surface area contributed by atoms with Crippen molar-refractivity contribution in [3.8, 4) is 5.75 Å². The third-order valence-electron chi connectivity index (χ3n) is 4.38. The third kappa shape index (κ3) is 4.15. The van der Waals surface area contributed by atoms with Crippen molar-refractivity contribution in [3.63, 3.8) is 0 Å². The molecule has 0 radical (unpaired) electrons.